The minimum Gasteiger partial charge on any atom is -0.493 e. The van der Waals surface area contributed by atoms with Crippen molar-refractivity contribution < 1.29 is 27.4 Å². The van der Waals surface area contributed by atoms with Crippen molar-refractivity contribution in [2.75, 3.05) is 27.1 Å². The van der Waals surface area contributed by atoms with Gasteiger partial charge in [0.1, 0.15) is 17.4 Å². The van der Waals surface area contributed by atoms with E-state index in [9.17, 15) is 13.7 Å². The van der Waals surface area contributed by atoms with Crippen LogP contribution in [-0.2, 0) is 14.6 Å². The minimum absolute atomic E-state index is 0.0310. The Morgan fingerprint density at radius 1 is 1.19 bits per heavy atom. The highest BCUT2D eigenvalue weighted by atomic mass is 32.2. The first-order chi connectivity index (χ1) is 12.4. The van der Waals surface area contributed by atoms with Gasteiger partial charge in [-0.2, -0.15) is 5.26 Å². The summed E-state index contributed by atoms with van der Waals surface area (Å²) in [7, 11) is 0.814. The Morgan fingerprint density at radius 3 is 2.31 bits per heavy atom. The van der Waals surface area contributed by atoms with Gasteiger partial charge in [0, 0.05) is 6.42 Å². The van der Waals surface area contributed by atoms with Crippen molar-refractivity contribution in [2.24, 2.45) is 5.73 Å². The molecule has 8 nitrogen and oxygen atoms in total. The van der Waals surface area contributed by atoms with Crippen LogP contribution in [-0.4, -0.2) is 35.5 Å². The molecule has 2 N–H and O–H groups in total. The van der Waals surface area contributed by atoms with Gasteiger partial charge in [-0.05, 0) is 17.7 Å². The second-order valence-corrected chi connectivity index (χ2v) is 7.82. The van der Waals surface area contributed by atoms with Gasteiger partial charge >= 0.3 is 0 Å². The highest BCUT2D eigenvalue weighted by molar-refractivity contribution is 7.95. The average molecular weight is 378 g/mol. The third kappa shape index (κ3) is 2.63. The molecule has 1 unspecified atom stereocenters. The first-order valence-electron chi connectivity index (χ1n) is 7.71. The molecule has 1 atom stereocenters. The molecule has 1 aromatic carbocycles. The number of rotatable bonds is 4. The zero-order valence-corrected chi connectivity index (χ0v) is 15.3. The predicted octanol–water partition coefficient (Wildman–Crippen LogP) is 1.55. The molecule has 9 heteroatoms. The van der Waals surface area contributed by atoms with Crippen LogP contribution in [0.1, 0.15) is 17.9 Å². The van der Waals surface area contributed by atoms with Crippen molar-refractivity contribution in [1.82, 2.24) is 0 Å². The van der Waals surface area contributed by atoms with Crippen molar-refractivity contribution >= 4 is 9.84 Å². The molecule has 0 fully saturated rings. The van der Waals surface area contributed by atoms with Gasteiger partial charge in [-0.15, -0.1) is 0 Å². The molecule has 0 amide bonds. The Morgan fingerprint density at radius 2 is 1.81 bits per heavy atom. The van der Waals surface area contributed by atoms with E-state index >= 15 is 0 Å². The second-order valence-electron chi connectivity index (χ2n) is 5.74. The summed E-state index contributed by atoms with van der Waals surface area (Å²) in [6, 6.07) is 5.20. The zero-order chi connectivity index (χ0) is 19.1. The lowest BCUT2D eigenvalue weighted by Crippen LogP contribution is -2.22. The molecular weight excluding hydrogens is 360 g/mol. The van der Waals surface area contributed by atoms with Gasteiger partial charge in [0.2, 0.25) is 11.6 Å². The first-order valence-corrected chi connectivity index (χ1v) is 9.36. The Bertz CT molecular complexity index is 946. The van der Waals surface area contributed by atoms with Gasteiger partial charge in [-0.3, -0.25) is 0 Å². The summed E-state index contributed by atoms with van der Waals surface area (Å²) in [5, 5.41) is 9.56. The minimum atomic E-state index is -3.56. The Kier molecular flexibility index (Phi) is 4.46. The summed E-state index contributed by atoms with van der Waals surface area (Å²) >= 11 is 0. The molecule has 2 heterocycles. The lowest BCUT2D eigenvalue weighted by molar-refractivity contribution is 0.275. The number of allylic oxidation sites excluding steroid dienone is 3. The number of nitriles is 1. The number of nitrogens with two attached hydrogens (primary N) is 1. The maximum atomic E-state index is 12.6. The van der Waals surface area contributed by atoms with Crippen LogP contribution in [0, 0.1) is 11.3 Å². The Hall–Kier alpha value is -2.86. The van der Waals surface area contributed by atoms with Gasteiger partial charge in [-0.25, -0.2) is 8.42 Å². The summed E-state index contributed by atoms with van der Waals surface area (Å²) in [5.41, 5.74) is 6.40. The molecule has 2 aliphatic rings. The topological polar surface area (TPSA) is 121 Å². The molecule has 1 aromatic rings. The SMILES string of the molecule is COc1cc(C2C(C#N)=C(N)OC3=C2S(=O)(=O)CC3)cc(OC)c1OC. The molecule has 0 radical (unpaired) electrons. The molecule has 26 heavy (non-hydrogen) atoms. The largest absolute Gasteiger partial charge is 0.493 e. The van der Waals surface area contributed by atoms with E-state index in [0.717, 1.165) is 0 Å². The molecule has 0 bridgehead atoms. The average Bonchev–Trinajstić information content (AvgIpc) is 2.93. The lowest BCUT2D eigenvalue weighted by atomic mass is 9.88. The van der Waals surface area contributed by atoms with Gasteiger partial charge < -0.3 is 24.7 Å². The quantitative estimate of drug-likeness (QED) is 0.838. The van der Waals surface area contributed by atoms with Crippen LogP contribution in [0.4, 0.5) is 0 Å². The highest BCUT2D eigenvalue weighted by Crippen LogP contribution is 2.49. The fraction of sp³-hybridized carbons (Fsp3) is 0.353. The van der Waals surface area contributed by atoms with E-state index in [1.54, 1.807) is 12.1 Å². The summed E-state index contributed by atoms with van der Waals surface area (Å²) in [6.45, 7) is 0. The summed E-state index contributed by atoms with van der Waals surface area (Å²) < 4.78 is 46.5. The molecule has 0 spiro atoms. The van der Waals surface area contributed by atoms with Crippen LogP contribution in [0.25, 0.3) is 0 Å². The fourth-order valence-electron chi connectivity index (χ4n) is 3.24. The molecule has 138 valence electrons. The van der Waals surface area contributed by atoms with Crippen molar-refractivity contribution in [3.05, 3.63) is 39.8 Å². The maximum absolute atomic E-state index is 12.6. The van der Waals surface area contributed by atoms with E-state index in [1.807, 2.05) is 6.07 Å². The normalized spacial score (nSPS) is 20.9. The summed E-state index contributed by atoms with van der Waals surface area (Å²) in [6.07, 6.45) is 0.220. The van der Waals surface area contributed by atoms with Crippen molar-refractivity contribution in [1.29, 1.82) is 5.26 Å². The monoisotopic (exact) mass is 378 g/mol. The van der Waals surface area contributed by atoms with Gasteiger partial charge in [-0.1, -0.05) is 0 Å². The number of sulfone groups is 1. The van der Waals surface area contributed by atoms with Crippen LogP contribution in [0.2, 0.25) is 0 Å². The van der Waals surface area contributed by atoms with E-state index in [0.29, 0.717) is 22.8 Å². The van der Waals surface area contributed by atoms with E-state index in [4.69, 9.17) is 24.7 Å². The molecule has 2 aliphatic heterocycles. The molecule has 0 saturated carbocycles. The number of ether oxygens (including phenoxy) is 4. The van der Waals surface area contributed by atoms with E-state index < -0.39 is 15.8 Å². The van der Waals surface area contributed by atoms with Crippen LogP contribution >= 0.6 is 0 Å². The van der Waals surface area contributed by atoms with Crippen molar-refractivity contribution in [3.8, 4) is 23.3 Å². The van der Waals surface area contributed by atoms with Gasteiger partial charge in [0.15, 0.2) is 21.3 Å². The fourth-order valence-corrected chi connectivity index (χ4v) is 5.02. The zero-order valence-electron chi connectivity index (χ0n) is 14.5. The van der Waals surface area contributed by atoms with E-state index in [-0.39, 0.29) is 34.3 Å². The van der Waals surface area contributed by atoms with Crippen molar-refractivity contribution in [2.45, 2.75) is 12.3 Å². The highest BCUT2D eigenvalue weighted by Gasteiger charge is 2.44. The summed E-state index contributed by atoms with van der Waals surface area (Å²) in [4.78, 5) is 0.0672. The van der Waals surface area contributed by atoms with Crippen molar-refractivity contribution in [3.63, 3.8) is 0 Å². The third-order valence-electron chi connectivity index (χ3n) is 4.40. The van der Waals surface area contributed by atoms with Crippen LogP contribution in [0.3, 0.4) is 0 Å². The molecular formula is C17H18N2O6S. The first kappa shape index (κ1) is 17.9. The van der Waals surface area contributed by atoms with Crippen LogP contribution < -0.4 is 19.9 Å². The Balaban J connectivity index is 2.28. The smallest absolute Gasteiger partial charge is 0.205 e. The van der Waals surface area contributed by atoms with Gasteiger partial charge in [0.25, 0.3) is 0 Å². The molecule has 3 rings (SSSR count). The number of nitrogens with zero attached hydrogens (tertiary/aromatic N) is 1. The maximum Gasteiger partial charge on any atom is 0.205 e. The van der Waals surface area contributed by atoms with E-state index in [1.165, 1.54) is 21.3 Å². The third-order valence-corrected chi connectivity index (χ3v) is 6.27. The molecule has 0 aromatic heterocycles. The second kappa shape index (κ2) is 6.46. The number of benzene rings is 1. The Labute approximate surface area is 151 Å². The van der Waals surface area contributed by atoms with E-state index in [2.05, 4.69) is 0 Å². The molecule has 0 saturated heterocycles. The standard InChI is InChI=1S/C17H18N2O6S/c1-22-12-6-9(7-13(23-2)15(12)24-3)14-10(8-18)17(19)25-11-4-5-26(20,21)16(11)14/h6-7,14H,4-5,19H2,1-3H3. The van der Waals surface area contributed by atoms with Crippen LogP contribution in [0.15, 0.2) is 34.3 Å². The number of hydrogen-bond acceptors (Lipinski definition) is 8. The van der Waals surface area contributed by atoms with Crippen LogP contribution in [0.5, 0.6) is 17.2 Å². The number of methoxy groups -OCH3 is 3. The lowest BCUT2D eigenvalue weighted by Gasteiger charge is -2.26. The summed E-state index contributed by atoms with van der Waals surface area (Å²) in [5.74, 6) is 0.283. The predicted molar refractivity (Wildman–Crippen MR) is 92.2 cm³/mol. The number of hydrogen-bond donors (Lipinski definition) is 1. The molecule has 0 aliphatic carbocycles. The van der Waals surface area contributed by atoms with Gasteiger partial charge in [0.05, 0.1) is 37.9 Å².